The Kier molecular flexibility index (Phi) is 2.49. The van der Waals surface area contributed by atoms with E-state index in [0.29, 0.717) is 17.9 Å². The van der Waals surface area contributed by atoms with Crippen LogP contribution in [0.15, 0.2) is 12.1 Å². The summed E-state index contributed by atoms with van der Waals surface area (Å²) in [6.45, 7) is 2.46. The Bertz CT molecular complexity index is 398. The monoisotopic (exact) mass is 208 g/mol. The van der Waals surface area contributed by atoms with Crippen molar-refractivity contribution in [2.45, 2.75) is 20.0 Å². The van der Waals surface area contributed by atoms with E-state index in [-0.39, 0.29) is 24.7 Å². The molecule has 0 aliphatic carbocycles. The first-order valence-electron chi connectivity index (χ1n) is 4.84. The summed E-state index contributed by atoms with van der Waals surface area (Å²) in [4.78, 5) is 11.0. The average molecular weight is 208 g/mol. The van der Waals surface area contributed by atoms with Gasteiger partial charge >= 0.3 is 5.97 Å². The molecule has 0 atom stereocenters. The molecule has 1 aliphatic rings. The van der Waals surface area contributed by atoms with Crippen molar-refractivity contribution in [2.75, 3.05) is 6.61 Å². The molecular formula is C11H12O4. The smallest absolute Gasteiger partial charge is 0.310 e. The Morgan fingerprint density at radius 2 is 2.33 bits per heavy atom. The molecule has 0 unspecified atom stereocenters. The maximum absolute atomic E-state index is 11.0. The van der Waals surface area contributed by atoms with E-state index in [1.54, 1.807) is 12.1 Å². The van der Waals surface area contributed by atoms with Crippen LogP contribution < -0.4 is 4.74 Å². The van der Waals surface area contributed by atoms with Crippen LogP contribution in [-0.4, -0.2) is 17.7 Å². The minimum absolute atomic E-state index is 0.0850. The highest BCUT2D eigenvalue weighted by atomic mass is 16.5. The fraction of sp³-hybridized carbons (Fsp3) is 0.364. The van der Waals surface area contributed by atoms with Crippen LogP contribution in [0.25, 0.3) is 0 Å². The van der Waals surface area contributed by atoms with Gasteiger partial charge in [0.15, 0.2) is 11.5 Å². The molecule has 1 aromatic carbocycles. The van der Waals surface area contributed by atoms with Gasteiger partial charge in [-0.3, -0.25) is 4.79 Å². The van der Waals surface area contributed by atoms with Gasteiger partial charge < -0.3 is 14.6 Å². The molecule has 1 aromatic rings. The number of rotatable bonds is 2. The summed E-state index contributed by atoms with van der Waals surface area (Å²) in [5.74, 6) is 0.266. The second-order valence-corrected chi connectivity index (χ2v) is 3.32. The molecule has 0 aromatic heterocycles. The van der Waals surface area contributed by atoms with Gasteiger partial charge in [-0.25, -0.2) is 0 Å². The molecule has 0 bridgehead atoms. The van der Waals surface area contributed by atoms with Gasteiger partial charge in [-0.1, -0.05) is 6.07 Å². The largest absolute Gasteiger partial charge is 0.504 e. The fourth-order valence-electron chi connectivity index (χ4n) is 1.61. The molecule has 15 heavy (non-hydrogen) atoms. The quantitative estimate of drug-likeness (QED) is 0.746. The number of phenolic OH excluding ortho intramolecular Hbond substituents is 1. The summed E-state index contributed by atoms with van der Waals surface area (Å²) in [6.07, 6.45) is 0.218. The number of carbonyl (C=O) groups is 1. The van der Waals surface area contributed by atoms with Gasteiger partial charge in [0.2, 0.25) is 0 Å². The molecule has 2 rings (SSSR count). The Balaban J connectivity index is 2.39. The van der Waals surface area contributed by atoms with E-state index in [4.69, 9.17) is 9.47 Å². The molecule has 0 saturated heterocycles. The van der Waals surface area contributed by atoms with Crippen molar-refractivity contribution in [1.29, 1.82) is 0 Å². The molecule has 80 valence electrons. The highest BCUT2D eigenvalue weighted by Gasteiger charge is 2.21. The van der Waals surface area contributed by atoms with Crippen LogP contribution in [0.3, 0.4) is 0 Å². The summed E-state index contributed by atoms with van der Waals surface area (Å²) in [6, 6.07) is 3.47. The van der Waals surface area contributed by atoms with Crippen molar-refractivity contribution >= 4 is 5.97 Å². The SMILES string of the molecule is CCOc1ccc2c(c1O)COC(=O)C2. The third-order valence-electron chi connectivity index (χ3n) is 2.35. The third kappa shape index (κ3) is 1.75. The molecule has 0 radical (unpaired) electrons. The summed E-state index contributed by atoms with van der Waals surface area (Å²) in [5.41, 5.74) is 1.47. The zero-order valence-electron chi connectivity index (χ0n) is 8.45. The van der Waals surface area contributed by atoms with E-state index in [0.717, 1.165) is 5.56 Å². The Morgan fingerprint density at radius 3 is 3.07 bits per heavy atom. The lowest BCUT2D eigenvalue weighted by molar-refractivity contribution is -0.145. The van der Waals surface area contributed by atoms with Gasteiger partial charge in [0, 0.05) is 5.56 Å². The van der Waals surface area contributed by atoms with Crippen LogP contribution in [0.1, 0.15) is 18.1 Å². The lowest BCUT2D eigenvalue weighted by Crippen LogP contribution is -2.16. The lowest BCUT2D eigenvalue weighted by atomic mass is 10.0. The first-order chi connectivity index (χ1) is 7.22. The maximum Gasteiger partial charge on any atom is 0.310 e. The van der Waals surface area contributed by atoms with Crippen molar-refractivity contribution in [3.8, 4) is 11.5 Å². The van der Waals surface area contributed by atoms with E-state index in [2.05, 4.69) is 0 Å². The van der Waals surface area contributed by atoms with Crippen LogP contribution >= 0.6 is 0 Å². The molecule has 1 aliphatic heterocycles. The molecular weight excluding hydrogens is 196 g/mol. The Morgan fingerprint density at radius 1 is 1.53 bits per heavy atom. The van der Waals surface area contributed by atoms with Crippen LogP contribution in [0.2, 0.25) is 0 Å². The number of ether oxygens (including phenoxy) is 2. The van der Waals surface area contributed by atoms with Crippen molar-refractivity contribution < 1.29 is 19.4 Å². The Labute approximate surface area is 87.4 Å². The zero-order valence-corrected chi connectivity index (χ0v) is 8.45. The first-order valence-corrected chi connectivity index (χ1v) is 4.84. The predicted octanol–water partition coefficient (Wildman–Crippen LogP) is 1.39. The molecule has 0 amide bonds. The highest BCUT2D eigenvalue weighted by molar-refractivity contribution is 5.75. The normalized spacial score (nSPS) is 14.3. The van der Waals surface area contributed by atoms with Gasteiger partial charge in [0.1, 0.15) is 6.61 Å². The summed E-state index contributed by atoms with van der Waals surface area (Å²) < 4.78 is 10.1. The first kappa shape index (κ1) is 9.83. The maximum atomic E-state index is 11.0. The number of carbonyl (C=O) groups excluding carboxylic acids is 1. The van der Waals surface area contributed by atoms with Crippen LogP contribution in [0.5, 0.6) is 11.5 Å². The predicted molar refractivity (Wildman–Crippen MR) is 52.8 cm³/mol. The summed E-state index contributed by atoms with van der Waals surface area (Å²) >= 11 is 0. The van der Waals surface area contributed by atoms with Crippen molar-refractivity contribution in [2.24, 2.45) is 0 Å². The minimum atomic E-state index is -0.258. The number of hydrogen-bond donors (Lipinski definition) is 1. The Hall–Kier alpha value is -1.71. The highest BCUT2D eigenvalue weighted by Crippen LogP contribution is 2.35. The number of fused-ring (bicyclic) bond motifs is 1. The summed E-state index contributed by atoms with van der Waals surface area (Å²) in [7, 11) is 0. The van der Waals surface area contributed by atoms with E-state index in [1.165, 1.54) is 0 Å². The topological polar surface area (TPSA) is 55.8 Å². The van der Waals surface area contributed by atoms with E-state index in [9.17, 15) is 9.90 Å². The number of phenols is 1. The lowest BCUT2D eigenvalue weighted by Gasteiger charge is -2.18. The van der Waals surface area contributed by atoms with E-state index < -0.39 is 0 Å². The second kappa shape index (κ2) is 3.81. The number of aromatic hydroxyl groups is 1. The standard InChI is InChI=1S/C11H12O4/c1-2-14-9-4-3-7-5-10(12)15-6-8(7)11(9)13/h3-4,13H,2,5-6H2,1H3. The van der Waals surface area contributed by atoms with Gasteiger partial charge in [-0.2, -0.15) is 0 Å². The minimum Gasteiger partial charge on any atom is -0.504 e. The molecule has 4 heteroatoms. The van der Waals surface area contributed by atoms with Crippen molar-refractivity contribution in [3.05, 3.63) is 23.3 Å². The molecule has 4 nitrogen and oxygen atoms in total. The molecule has 0 fully saturated rings. The second-order valence-electron chi connectivity index (χ2n) is 3.32. The van der Waals surface area contributed by atoms with Crippen LogP contribution in [0, 0.1) is 0 Å². The van der Waals surface area contributed by atoms with Crippen LogP contribution in [0.4, 0.5) is 0 Å². The van der Waals surface area contributed by atoms with E-state index in [1.807, 2.05) is 6.92 Å². The zero-order chi connectivity index (χ0) is 10.8. The van der Waals surface area contributed by atoms with Gasteiger partial charge in [-0.05, 0) is 18.6 Å². The number of benzene rings is 1. The van der Waals surface area contributed by atoms with Gasteiger partial charge in [-0.15, -0.1) is 0 Å². The van der Waals surface area contributed by atoms with Gasteiger partial charge in [0.05, 0.1) is 13.0 Å². The number of hydrogen-bond acceptors (Lipinski definition) is 4. The fourth-order valence-corrected chi connectivity index (χ4v) is 1.61. The number of cyclic esters (lactones) is 1. The van der Waals surface area contributed by atoms with Gasteiger partial charge in [0.25, 0.3) is 0 Å². The van der Waals surface area contributed by atoms with Crippen molar-refractivity contribution in [3.63, 3.8) is 0 Å². The average Bonchev–Trinajstić information content (AvgIpc) is 2.22. The van der Waals surface area contributed by atoms with Crippen molar-refractivity contribution in [1.82, 2.24) is 0 Å². The molecule has 1 heterocycles. The third-order valence-corrected chi connectivity index (χ3v) is 2.35. The molecule has 0 saturated carbocycles. The number of esters is 1. The molecule has 0 spiro atoms. The summed E-state index contributed by atoms with van der Waals surface area (Å²) in [5, 5.41) is 9.84. The van der Waals surface area contributed by atoms with E-state index >= 15 is 0 Å². The molecule has 1 N–H and O–H groups in total. The van der Waals surface area contributed by atoms with Crippen LogP contribution in [-0.2, 0) is 22.6 Å².